The minimum atomic E-state index is 0.861. The molecule has 0 spiro atoms. The minimum absolute atomic E-state index is 0.861. The molecule has 0 aromatic heterocycles. The Balaban J connectivity index is 2.47. The highest BCUT2D eigenvalue weighted by Crippen LogP contribution is 2.31. The zero-order valence-electron chi connectivity index (χ0n) is 10.4. The average molecular weight is 228 g/mol. The maximum atomic E-state index is 5.38. The van der Waals surface area contributed by atoms with E-state index in [0.717, 1.165) is 22.6 Å². The third-order valence-corrected chi connectivity index (χ3v) is 2.76. The molecule has 0 aliphatic carbocycles. The summed E-state index contributed by atoms with van der Waals surface area (Å²) in [6, 6.07) is 14.2. The van der Waals surface area contributed by atoms with E-state index in [1.54, 1.807) is 14.2 Å². The fraction of sp³-hybridized carbons (Fsp3) is 0.200. The van der Waals surface area contributed by atoms with Gasteiger partial charge in [0.1, 0.15) is 11.5 Å². The highest BCUT2D eigenvalue weighted by molar-refractivity contribution is 5.71. The summed E-state index contributed by atoms with van der Waals surface area (Å²) in [6.45, 7) is 2.08. The Morgan fingerprint density at radius 1 is 0.824 bits per heavy atom. The van der Waals surface area contributed by atoms with Crippen LogP contribution in [0.5, 0.6) is 11.5 Å². The van der Waals surface area contributed by atoms with Crippen molar-refractivity contribution in [3.8, 4) is 22.6 Å². The number of methoxy groups -OCH3 is 2. The van der Waals surface area contributed by atoms with Gasteiger partial charge in [0.05, 0.1) is 14.2 Å². The Morgan fingerprint density at radius 3 is 2.12 bits per heavy atom. The molecule has 0 saturated heterocycles. The molecule has 0 radical (unpaired) electrons. The first-order valence-electron chi connectivity index (χ1n) is 5.53. The molecule has 0 fully saturated rings. The van der Waals surface area contributed by atoms with Crippen molar-refractivity contribution < 1.29 is 9.47 Å². The summed E-state index contributed by atoms with van der Waals surface area (Å²) in [5, 5.41) is 0. The zero-order chi connectivity index (χ0) is 12.3. The van der Waals surface area contributed by atoms with Crippen molar-refractivity contribution in [3.05, 3.63) is 48.0 Å². The molecule has 0 N–H and O–H groups in total. The summed E-state index contributed by atoms with van der Waals surface area (Å²) in [4.78, 5) is 0. The highest BCUT2D eigenvalue weighted by atomic mass is 16.5. The fourth-order valence-corrected chi connectivity index (χ4v) is 1.82. The van der Waals surface area contributed by atoms with Gasteiger partial charge in [0.2, 0.25) is 0 Å². The van der Waals surface area contributed by atoms with E-state index in [9.17, 15) is 0 Å². The van der Waals surface area contributed by atoms with Crippen molar-refractivity contribution in [2.45, 2.75) is 6.92 Å². The first-order chi connectivity index (χ1) is 8.24. The summed E-state index contributed by atoms with van der Waals surface area (Å²) >= 11 is 0. The normalized spacial score (nSPS) is 10.1. The molecule has 2 heteroatoms. The third-order valence-electron chi connectivity index (χ3n) is 2.76. The topological polar surface area (TPSA) is 18.5 Å². The van der Waals surface area contributed by atoms with Crippen LogP contribution in [0.4, 0.5) is 0 Å². The smallest absolute Gasteiger partial charge is 0.126 e. The largest absolute Gasteiger partial charge is 0.497 e. The van der Waals surface area contributed by atoms with Gasteiger partial charge in [-0.15, -0.1) is 0 Å². The molecule has 17 heavy (non-hydrogen) atoms. The van der Waals surface area contributed by atoms with Crippen molar-refractivity contribution in [3.63, 3.8) is 0 Å². The molecule has 0 aliphatic rings. The fourth-order valence-electron chi connectivity index (χ4n) is 1.82. The molecule has 0 bridgehead atoms. The summed E-state index contributed by atoms with van der Waals surface area (Å²) in [6.07, 6.45) is 0. The zero-order valence-corrected chi connectivity index (χ0v) is 10.4. The van der Waals surface area contributed by atoms with Gasteiger partial charge in [0, 0.05) is 5.56 Å². The molecule has 2 aromatic rings. The Labute approximate surface area is 102 Å². The van der Waals surface area contributed by atoms with Gasteiger partial charge < -0.3 is 9.47 Å². The molecular weight excluding hydrogens is 212 g/mol. The van der Waals surface area contributed by atoms with Gasteiger partial charge in [-0.05, 0) is 36.8 Å². The lowest BCUT2D eigenvalue weighted by Gasteiger charge is -2.10. The molecule has 2 rings (SSSR count). The van der Waals surface area contributed by atoms with Crippen molar-refractivity contribution >= 4 is 0 Å². The number of hydrogen-bond acceptors (Lipinski definition) is 2. The molecule has 0 heterocycles. The van der Waals surface area contributed by atoms with Crippen LogP contribution < -0.4 is 9.47 Å². The quantitative estimate of drug-likeness (QED) is 0.797. The molecule has 0 amide bonds. The molecule has 2 aromatic carbocycles. The van der Waals surface area contributed by atoms with Crippen LogP contribution in [0, 0.1) is 6.92 Å². The lowest BCUT2D eigenvalue weighted by molar-refractivity contribution is 0.414. The summed E-state index contributed by atoms with van der Waals surface area (Å²) in [5.41, 5.74) is 3.46. The average Bonchev–Trinajstić information content (AvgIpc) is 2.39. The third kappa shape index (κ3) is 2.41. The van der Waals surface area contributed by atoms with Gasteiger partial charge in [0.15, 0.2) is 0 Å². The van der Waals surface area contributed by atoms with Gasteiger partial charge in [0.25, 0.3) is 0 Å². The Kier molecular flexibility index (Phi) is 3.33. The Bertz CT molecular complexity index is 501. The van der Waals surface area contributed by atoms with Gasteiger partial charge >= 0.3 is 0 Å². The van der Waals surface area contributed by atoms with Crippen LogP contribution in [0.25, 0.3) is 11.1 Å². The predicted octanol–water partition coefficient (Wildman–Crippen LogP) is 3.68. The standard InChI is InChI=1S/C15H16O2/c1-11-4-9-15(17-3)14(10-11)12-5-7-13(16-2)8-6-12/h4-10H,1-3H3. The molecule has 0 aliphatic heterocycles. The Morgan fingerprint density at radius 2 is 1.53 bits per heavy atom. The van der Waals surface area contributed by atoms with Crippen molar-refractivity contribution in [1.29, 1.82) is 0 Å². The predicted molar refractivity (Wildman–Crippen MR) is 69.7 cm³/mol. The number of aryl methyl sites for hydroxylation is 1. The highest BCUT2D eigenvalue weighted by Gasteiger charge is 2.05. The second-order valence-electron chi connectivity index (χ2n) is 3.93. The minimum Gasteiger partial charge on any atom is -0.497 e. The van der Waals surface area contributed by atoms with Crippen LogP contribution in [-0.2, 0) is 0 Å². The summed E-state index contributed by atoms with van der Waals surface area (Å²) in [5.74, 6) is 1.75. The van der Waals surface area contributed by atoms with Crippen LogP contribution in [0.2, 0.25) is 0 Å². The number of rotatable bonds is 3. The first kappa shape index (κ1) is 11.5. The van der Waals surface area contributed by atoms with E-state index in [2.05, 4.69) is 13.0 Å². The second-order valence-corrected chi connectivity index (χ2v) is 3.93. The summed E-state index contributed by atoms with van der Waals surface area (Å²) < 4.78 is 10.5. The van der Waals surface area contributed by atoms with E-state index < -0.39 is 0 Å². The lowest BCUT2D eigenvalue weighted by atomic mass is 10.0. The SMILES string of the molecule is COc1ccc(-c2cc(C)ccc2OC)cc1. The first-order valence-corrected chi connectivity index (χ1v) is 5.53. The van der Waals surface area contributed by atoms with E-state index in [-0.39, 0.29) is 0 Å². The van der Waals surface area contributed by atoms with Crippen molar-refractivity contribution in [2.75, 3.05) is 14.2 Å². The number of benzene rings is 2. The lowest BCUT2D eigenvalue weighted by Crippen LogP contribution is -1.89. The summed E-state index contributed by atoms with van der Waals surface area (Å²) in [7, 11) is 3.36. The van der Waals surface area contributed by atoms with Gasteiger partial charge in [-0.2, -0.15) is 0 Å². The number of hydrogen-bond donors (Lipinski definition) is 0. The number of ether oxygens (including phenoxy) is 2. The van der Waals surface area contributed by atoms with Gasteiger partial charge in [-0.3, -0.25) is 0 Å². The van der Waals surface area contributed by atoms with Crippen LogP contribution in [0.15, 0.2) is 42.5 Å². The van der Waals surface area contributed by atoms with Crippen LogP contribution >= 0.6 is 0 Å². The van der Waals surface area contributed by atoms with Crippen LogP contribution in [0.3, 0.4) is 0 Å². The monoisotopic (exact) mass is 228 g/mol. The molecule has 2 nitrogen and oxygen atoms in total. The molecule has 88 valence electrons. The molecule has 0 atom stereocenters. The van der Waals surface area contributed by atoms with Crippen molar-refractivity contribution in [2.24, 2.45) is 0 Å². The van der Waals surface area contributed by atoms with Gasteiger partial charge in [-0.25, -0.2) is 0 Å². The van der Waals surface area contributed by atoms with E-state index in [4.69, 9.17) is 9.47 Å². The van der Waals surface area contributed by atoms with E-state index >= 15 is 0 Å². The molecule has 0 saturated carbocycles. The molecular formula is C15H16O2. The van der Waals surface area contributed by atoms with Gasteiger partial charge in [-0.1, -0.05) is 23.8 Å². The maximum Gasteiger partial charge on any atom is 0.126 e. The van der Waals surface area contributed by atoms with E-state index in [1.807, 2.05) is 36.4 Å². The Hall–Kier alpha value is -1.96. The second kappa shape index (κ2) is 4.91. The van der Waals surface area contributed by atoms with Crippen molar-refractivity contribution in [1.82, 2.24) is 0 Å². The van der Waals surface area contributed by atoms with E-state index in [1.165, 1.54) is 5.56 Å². The maximum absolute atomic E-state index is 5.38. The molecule has 0 unspecified atom stereocenters. The van der Waals surface area contributed by atoms with Crippen LogP contribution in [0.1, 0.15) is 5.56 Å². The van der Waals surface area contributed by atoms with Crippen LogP contribution in [-0.4, -0.2) is 14.2 Å². The van der Waals surface area contributed by atoms with E-state index in [0.29, 0.717) is 0 Å².